The summed E-state index contributed by atoms with van der Waals surface area (Å²) in [4.78, 5) is 15.1. The third-order valence-corrected chi connectivity index (χ3v) is 3.91. The van der Waals surface area contributed by atoms with Crippen LogP contribution in [-0.2, 0) is 10.5 Å². The summed E-state index contributed by atoms with van der Waals surface area (Å²) < 4.78 is 5.16. The van der Waals surface area contributed by atoms with E-state index in [0.717, 1.165) is 5.56 Å². The highest BCUT2D eigenvalue weighted by molar-refractivity contribution is 7.99. The number of hydrogen-bond acceptors (Lipinski definition) is 5. The van der Waals surface area contributed by atoms with Crippen molar-refractivity contribution < 1.29 is 14.4 Å². The molecule has 0 radical (unpaired) electrons. The Bertz CT molecular complexity index is 542. The number of hydrogen-bond donors (Lipinski definition) is 1. The predicted molar refractivity (Wildman–Crippen MR) is 72.7 cm³/mol. The zero-order valence-electron chi connectivity index (χ0n) is 10.4. The minimum Gasteiger partial charge on any atom is -0.480 e. The fourth-order valence-corrected chi connectivity index (χ4v) is 2.40. The van der Waals surface area contributed by atoms with Crippen LogP contribution < -0.4 is 0 Å². The molecule has 0 bridgehead atoms. The smallest absolute Gasteiger partial charge is 0.316 e. The van der Waals surface area contributed by atoms with Gasteiger partial charge in [-0.15, -0.1) is 11.8 Å². The molecule has 1 aromatic heterocycles. The van der Waals surface area contributed by atoms with Gasteiger partial charge in [0, 0.05) is 5.56 Å². The molecule has 100 valence electrons. The highest BCUT2D eigenvalue weighted by Crippen LogP contribution is 2.21. The second-order valence-electron chi connectivity index (χ2n) is 3.93. The van der Waals surface area contributed by atoms with Crippen LogP contribution in [0.3, 0.4) is 0 Å². The number of carboxylic acids is 1. The molecule has 1 atom stereocenters. The van der Waals surface area contributed by atoms with E-state index >= 15 is 0 Å². The van der Waals surface area contributed by atoms with Crippen molar-refractivity contribution in [3.63, 3.8) is 0 Å². The summed E-state index contributed by atoms with van der Waals surface area (Å²) in [7, 11) is 0. The summed E-state index contributed by atoms with van der Waals surface area (Å²) in [6.45, 7) is 1.84. The number of rotatable bonds is 6. The topological polar surface area (TPSA) is 76.2 Å². The SMILES string of the molecule is CCC(SCc1noc(-c2ccccc2)n1)C(=O)O. The summed E-state index contributed by atoms with van der Waals surface area (Å²) in [5.74, 6) is 0.601. The van der Waals surface area contributed by atoms with Crippen molar-refractivity contribution in [2.75, 3.05) is 0 Å². The van der Waals surface area contributed by atoms with Gasteiger partial charge in [-0.25, -0.2) is 0 Å². The standard InChI is InChI=1S/C13H14N2O3S/c1-2-10(13(16)17)19-8-11-14-12(18-15-11)9-6-4-3-5-7-9/h3-7,10H,2,8H2,1H3,(H,16,17). The Balaban J connectivity index is 2.00. The monoisotopic (exact) mass is 278 g/mol. The lowest BCUT2D eigenvalue weighted by Crippen LogP contribution is -2.15. The van der Waals surface area contributed by atoms with Gasteiger partial charge in [-0.2, -0.15) is 4.98 Å². The molecule has 0 fully saturated rings. The molecule has 1 N–H and O–H groups in total. The first-order valence-electron chi connectivity index (χ1n) is 5.93. The average Bonchev–Trinajstić information content (AvgIpc) is 2.89. The third kappa shape index (κ3) is 3.57. The largest absolute Gasteiger partial charge is 0.480 e. The summed E-state index contributed by atoms with van der Waals surface area (Å²) >= 11 is 1.31. The van der Waals surface area contributed by atoms with Gasteiger partial charge < -0.3 is 9.63 Å². The number of benzene rings is 1. The zero-order valence-corrected chi connectivity index (χ0v) is 11.3. The predicted octanol–water partition coefficient (Wildman–Crippen LogP) is 2.83. The highest BCUT2D eigenvalue weighted by atomic mass is 32.2. The maximum Gasteiger partial charge on any atom is 0.316 e. The minimum absolute atomic E-state index is 0.432. The van der Waals surface area contributed by atoms with E-state index in [-0.39, 0.29) is 0 Å². The van der Waals surface area contributed by atoms with Crippen LogP contribution in [0.15, 0.2) is 34.9 Å². The average molecular weight is 278 g/mol. The molecule has 1 unspecified atom stereocenters. The maximum absolute atomic E-state index is 10.9. The fourth-order valence-electron chi connectivity index (χ4n) is 1.55. The van der Waals surface area contributed by atoms with Crippen molar-refractivity contribution in [2.45, 2.75) is 24.3 Å². The van der Waals surface area contributed by atoms with Crippen molar-refractivity contribution in [3.05, 3.63) is 36.2 Å². The van der Waals surface area contributed by atoms with Gasteiger partial charge in [0.05, 0.1) is 5.75 Å². The molecule has 1 heterocycles. The van der Waals surface area contributed by atoms with E-state index in [4.69, 9.17) is 9.63 Å². The third-order valence-electron chi connectivity index (χ3n) is 2.55. The molecular formula is C13H14N2O3S. The fraction of sp³-hybridized carbons (Fsp3) is 0.308. The lowest BCUT2D eigenvalue weighted by atomic mass is 10.2. The first-order valence-corrected chi connectivity index (χ1v) is 6.98. The van der Waals surface area contributed by atoms with E-state index in [0.29, 0.717) is 23.9 Å². The first-order chi connectivity index (χ1) is 9.20. The first kappa shape index (κ1) is 13.6. The molecule has 2 rings (SSSR count). The molecule has 0 amide bonds. The molecule has 1 aromatic carbocycles. The quantitative estimate of drug-likeness (QED) is 0.875. The lowest BCUT2D eigenvalue weighted by molar-refractivity contribution is -0.136. The molecule has 0 spiro atoms. The van der Waals surface area contributed by atoms with E-state index < -0.39 is 11.2 Å². The van der Waals surface area contributed by atoms with E-state index in [2.05, 4.69) is 10.1 Å². The van der Waals surface area contributed by atoms with Crippen LogP contribution in [0.1, 0.15) is 19.2 Å². The Kier molecular flexibility index (Phi) is 4.57. The van der Waals surface area contributed by atoms with Crippen LogP contribution in [0, 0.1) is 0 Å². The van der Waals surface area contributed by atoms with Crippen LogP contribution in [0.5, 0.6) is 0 Å². The molecule has 0 saturated carbocycles. The van der Waals surface area contributed by atoms with Crippen molar-refractivity contribution in [3.8, 4) is 11.5 Å². The summed E-state index contributed by atoms with van der Waals surface area (Å²) in [6.07, 6.45) is 0.573. The summed E-state index contributed by atoms with van der Waals surface area (Å²) in [5.41, 5.74) is 0.858. The highest BCUT2D eigenvalue weighted by Gasteiger charge is 2.17. The van der Waals surface area contributed by atoms with Gasteiger partial charge in [-0.3, -0.25) is 4.79 Å². The van der Waals surface area contributed by atoms with E-state index in [9.17, 15) is 4.79 Å². The van der Waals surface area contributed by atoms with Crippen LogP contribution in [0.4, 0.5) is 0 Å². The molecule has 0 aliphatic rings. The Labute approximate surface area is 115 Å². The molecule has 19 heavy (non-hydrogen) atoms. The van der Waals surface area contributed by atoms with E-state index in [1.165, 1.54) is 11.8 Å². The van der Waals surface area contributed by atoms with Crippen molar-refractivity contribution in [2.24, 2.45) is 0 Å². The van der Waals surface area contributed by atoms with Gasteiger partial charge in [0.2, 0.25) is 0 Å². The van der Waals surface area contributed by atoms with Gasteiger partial charge >= 0.3 is 5.97 Å². The molecule has 5 nitrogen and oxygen atoms in total. The normalized spacial score (nSPS) is 12.3. The molecule has 6 heteroatoms. The Morgan fingerprint density at radius 3 is 2.79 bits per heavy atom. The van der Waals surface area contributed by atoms with Gasteiger partial charge in [0.15, 0.2) is 5.82 Å². The van der Waals surface area contributed by atoms with Crippen molar-refractivity contribution in [1.29, 1.82) is 0 Å². The van der Waals surface area contributed by atoms with E-state index in [1.54, 1.807) is 0 Å². The maximum atomic E-state index is 10.9. The van der Waals surface area contributed by atoms with Crippen LogP contribution in [-0.4, -0.2) is 26.5 Å². The molecule has 0 aliphatic carbocycles. The molecule has 0 saturated heterocycles. The van der Waals surface area contributed by atoms with Crippen molar-refractivity contribution in [1.82, 2.24) is 10.1 Å². The van der Waals surface area contributed by atoms with E-state index in [1.807, 2.05) is 37.3 Å². The second-order valence-corrected chi connectivity index (χ2v) is 5.12. The number of aromatic nitrogens is 2. The van der Waals surface area contributed by atoms with Crippen LogP contribution >= 0.6 is 11.8 Å². The summed E-state index contributed by atoms with van der Waals surface area (Å²) in [5, 5.41) is 12.4. The van der Waals surface area contributed by atoms with Gasteiger partial charge in [0.25, 0.3) is 5.89 Å². The lowest BCUT2D eigenvalue weighted by Gasteiger charge is -2.06. The number of aliphatic carboxylic acids is 1. The van der Waals surface area contributed by atoms with Gasteiger partial charge in [-0.1, -0.05) is 30.3 Å². The number of carboxylic acid groups (broad SMARTS) is 1. The molecule has 2 aromatic rings. The van der Waals surface area contributed by atoms with Gasteiger partial charge in [-0.05, 0) is 18.6 Å². The van der Waals surface area contributed by atoms with Gasteiger partial charge in [0.1, 0.15) is 5.25 Å². The number of nitrogens with zero attached hydrogens (tertiary/aromatic N) is 2. The molecule has 0 aliphatic heterocycles. The Hall–Kier alpha value is -1.82. The summed E-state index contributed by atoms with van der Waals surface area (Å²) in [6, 6.07) is 9.47. The Morgan fingerprint density at radius 2 is 2.16 bits per heavy atom. The Morgan fingerprint density at radius 1 is 1.42 bits per heavy atom. The van der Waals surface area contributed by atoms with Crippen LogP contribution in [0.25, 0.3) is 11.5 Å². The minimum atomic E-state index is -0.806. The zero-order chi connectivity index (χ0) is 13.7. The van der Waals surface area contributed by atoms with Crippen LogP contribution in [0.2, 0.25) is 0 Å². The number of thioether (sulfide) groups is 1. The number of carbonyl (C=O) groups is 1. The molecular weight excluding hydrogens is 264 g/mol. The van der Waals surface area contributed by atoms with Crippen molar-refractivity contribution >= 4 is 17.7 Å². The second kappa shape index (κ2) is 6.38.